The van der Waals surface area contributed by atoms with Crippen LogP contribution >= 0.6 is 0 Å². The minimum absolute atomic E-state index is 0.348. The van der Waals surface area contributed by atoms with Gasteiger partial charge in [0.1, 0.15) is 0 Å². The number of hydrazine groups is 1. The Labute approximate surface area is 101 Å². The highest BCUT2D eigenvalue weighted by molar-refractivity contribution is 7.80. The van der Waals surface area contributed by atoms with Crippen LogP contribution in [0, 0.1) is 0 Å². The second-order valence-electron chi connectivity index (χ2n) is 2.76. The summed E-state index contributed by atoms with van der Waals surface area (Å²) < 4.78 is 54.2. The van der Waals surface area contributed by atoms with Gasteiger partial charge >= 0.3 is 10.4 Å². The van der Waals surface area contributed by atoms with Crippen LogP contribution in [-0.2, 0) is 25.8 Å². The average molecular weight is 281 g/mol. The van der Waals surface area contributed by atoms with Crippen LogP contribution < -0.4 is 9.84 Å². The van der Waals surface area contributed by atoms with Crippen LogP contribution in [0.5, 0.6) is 0 Å². The van der Waals surface area contributed by atoms with Crippen molar-refractivity contribution in [1.82, 2.24) is 4.83 Å². The zero-order chi connectivity index (χ0) is 12.9. The van der Waals surface area contributed by atoms with E-state index in [0.29, 0.717) is 5.69 Å². The summed E-state index contributed by atoms with van der Waals surface area (Å²) in [5.41, 5.74) is 0.348. The highest BCUT2D eigenvalue weighted by Gasteiger charge is 2.11. The minimum Gasteiger partial charge on any atom is -0.759 e. The number of rotatable bonds is 6. The van der Waals surface area contributed by atoms with E-state index in [2.05, 4.69) is 4.18 Å². The Hall–Kier alpha value is -1.04. The monoisotopic (exact) mass is 281 g/mol. The normalized spacial score (nSPS) is 13.3. The summed E-state index contributed by atoms with van der Waals surface area (Å²) in [5.74, 6) is 0. The van der Waals surface area contributed by atoms with Crippen LogP contribution in [0.3, 0.4) is 0 Å². The number of benzene rings is 1. The molecule has 0 fully saturated rings. The van der Waals surface area contributed by atoms with E-state index < -0.39 is 28.4 Å². The second kappa shape index (κ2) is 6.05. The Morgan fingerprint density at radius 2 is 2.00 bits per heavy atom. The molecule has 0 aliphatic rings. The predicted octanol–water partition coefficient (Wildman–Crippen LogP) is -0.431. The van der Waals surface area contributed by atoms with Gasteiger partial charge in [-0.05, 0) is 12.1 Å². The van der Waals surface area contributed by atoms with E-state index >= 15 is 0 Å². The van der Waals surface area contributed by atoms with E-state index in [1.165, 1.54) is 12.1 Å². The van der Waals surface area contributed by atoms with E-state index in [1.54, 1.807) is 18.2 Å². The highest BCUT2D eigenvalue weighted by Crippen LogP contribution is 2.11. The predicted molar refractivity (Wildman–Crippen MR) is 58.5 cm³/mol. The SMILES string of the molecule is O=S([O-])NN(COS(=O)(=O)O)c1ccccc1. The molecular formula is C7H9N2O6S2-. The van der Waals surface area contributed by atoms with Crippen molar-refractivity contribution in [3.8, 4) is 0 Å². The molecule has 1 aromatic rings. The minimum atomic E-state index is -4.65. The van der Waals surface area contributed by atoms with E-state index in [9.17, 15) is 17.2 Å². The van der Waals surface area contributed by atoms with Gasteiger partial charge in [0.05, 0.1) is 5.69 Å². The largest absolute Gasteiger partial charge is 0.759 e. The van der Waals surface area contributed by atoms with Crippen molar-refractivity contribution < 1.29 is 25.9 Å². The lowest BCUT2D eigenvalue weighted by atomic mass is 10.3. The van der Waals surface area contributed by atoms with Crippen LogP contribution in [0.4, 0.5) is 5.69 Å². The average Bonchev–Trinajstić information content (AvgIpc) is 2.24. The molecule has 10 heteroatoms. The molecule has 0 saturated carbocycles. The summed E-state index contributed by atoms with van der Waals surface area (Å²) in [6.45, 7) is -0.698. The summed E-state index contributed by atoms with van der Waals surface area (Å²) in [7, 11) is -4.65. The Morgan fingerprint density at radius 3 is 2.47 bits per heavy atom. The first kappa shape index (κ1) is 14.0. The van der Waals surface area contributed by atoms with Gasteiger partial charge < -0.3 is 4.55 Å². The smallest absolute Gasteiger partial charge is 0.399 e. The summed E-state index contributed by atoms with van der Waals surface area (Å²) in [6, 6.07) is 7.97. The maximum Gasteiger partial charge on any atom is 0.399 e. The zero-order valence-electron chi connectivity index (χ0n) is 8.35. The third-order valence-electron chi connectivity index (χ3n) is 1.58. The maximum absolute atomic E-state index is 10.5. The number of hydrogen-bond acceptors (Lipinski definition) is 6. The second-order valence-corrected chi connectivity index (χ2v) is 4.51. The fourth-order valence-corrected chi connectivity index (χ4v) is 1.55. The van der Waals surface area contributed by atoms with Crippen LogP contribution in [0.1, 0.15) is 0 Å². The van der Waals surface area contributed by atoms with Crippen molar-refractivity contribution in [2.75, 3.05) is 11.7 Å². The molecule has 0 aliphatic heterocycles. The van der Waals surface area contributed by atoms with Crippen molar-refractivity contribution in [2.24, 2.45) is 0 Å². The molecule has 0 aromatic heterocycles. The topological polar surface area (TPSA) is 119 Å². The first-order valence-electron chi connectivity index (χ1n) is 4.18. The first-order chi connectivity index (χ1) is 7.88. The summed E-state index contributed by atoms with van der Waals surface area (Å²) in [5, 5.41) is 0.886. The molecule has 0 saturated heterocycles. The van der Waals surface area contributed by atoms with Crippen molar-refractivity contribution in [3.63, 3.8) is 0 Å². The molecule has 1 unspecified atom stereocenters. The fraction of sp³-hybridized carbons (Fsp3) is 0.143. The van der Waals surface area contributed by atoms with Gasteiger partial charge in [-0.25, -0.2) is 4.18 Å². The Bertz CT molecular complexity index is 476. The van der Waals surface area contributed by atoms with Gasteiger partial charge in [0.25, 0.3) is 0 Å². The Kier molecular flexibility index (Phi) is 4.99. The number of para-hydroxylation sites is 1. The van der Waals surface area contributed by atoms with Crippen molar-refractivity contribution >= 4 is 27.4 Å². The van der Waals surface area contributed by atoms with Crippen molar-refractivity contribution in [2.45, 2.75) is 0 Å². The van der Waals surface area contributed by atoms with E-state index in [4.69, 9.17) is 4.55 Å². The third kappa shape index (κ3) is 5.72. The number of hydrogen-bond donors (Lipinski definition) is 2. The molecule has 0 spiro atoms. The fourth-order valence-electron chi connectivity index (χ4n) is 0.971. The molecule has 2 N–H and O–H groups in total. The van der Waals surface area contributed by atoms with Crippen LogP contribution in [0.25, 0.3) is 0 Å². The van der Waals surface area contributed by atoms with Gasteiger partial charge in [0, 0.05) is 11.3 Å². The maximum atomic E-state index is 10.5. The molecule has 0 aliphatic carbocycles. The molecule has 1 rings (SSSR count). The zero-order valence-corrected chi connectivity index (χ0v) is 9.98. The molecule has 96 valence electrons. The van der Waals surface area contributed by atoms with Crippen molar-refractivity contribution in [1.29, 1.82) is 0 Å². The van der Waals surface area contributed by atoms with Gasteiger partial charge in [-0.2, -0.15) is 13.2 Å². The van der Waals surface area contributed by atoms with Gasteiger partial charge in [0.2, 0.25) is 0 Å². The molecular weight excluding hydrogens is 272 g/mol. The Morgan fingerprint density at radius 1 is 1.41 bits per heavy atom. The first-order valence-corrected chi connectivity index (χ1v) is 6.62. The molecule has 0 amide bonds. The summed E-state index contributed by atoms with van der Waals surface area (Å²) in [4.78, 5) is 1.92. The van der Waals surface area contributed by atoms with Gasteiger partial charge in [-0.15, -0.1) is 0 Å². The lowest BCUT2D eigenvalue weighted by Gasteiger charge is -2.24. The highest BCUT2D eigenvalue weighted by atomic mass is 32.3. The molecule has 0 heterocycles. The molecule has 1 atom stereocenters. The van der Waals surface area contributed by atoms with E-state index in [0.717, 1.165) is 5.01 Å². The number of anilines is 1. The molecule has 1 aromatic carbocycles. The van der Waals surface area contributed by atoms with E-state index in [1.807, 2.05) is 4.83 Å². The Balaban J connectivity index is 2.78. The summed E-state index contributed by atoms with van der Waals surface area (Å²) in [6.07, 6.45) is 0. The van der Waals surface area contributed by atoms with Crippen LogP contribution in [0.2, 0.25) is 0 Å². The molecule has 0 bridgehead atoms. The molecule has 17 heavy (non-hydrogen) atoms. The lowest BCUT2D eigenvalue weighted by Crippen LogP contribution is -2.41. The summed E-state index contributed by atoms with van der Waals surface area (Å²) >= 11 is -2.65. The van der Waals surface area contributed by atoms with Crippen molar-refractivity contribution in [3.05, 3.63) is 30.3 Å². The van der Waals surface area contributed by atoms with Crippen LogP contribution in [-0.4, -0.2) is 28.5 Å². The quantitative estimate of drug-likeness (QED) is 0.314. The van der Waals surface area contributed by atoms with E-state index in [-0.39, 0.29) is 0 Å². The number of nitrogens with one attached hydrogen (secondary N) is 1. The third-order valence-corrected chi connectivity index (χ3v) is 2.36. The van der Waals surface area contributed by atoms with Gasteiger partial charge in [-0.1, -0.05) is 18.2 Å². The standard InChI is InChI=1S/C7H10N2O6S2/c10-16(11)8-9(6-15-17(12,13)14)7-4-2-1-3-5-7/h1-5,8H,6H2,(H,10,11)(H,12,13,14)/p-1. The van der Waals surface area contributed by atoms with Gasteiger partial charge in [0.15, 0.2) is 6.73 Å². The lowest BCUT2D eigenvalue weighted by molar-refractivity contribution is 0.262. The molecule has 0 radical (unpaired) electrons. The van der Waals surface area contributed by atoms with Gasteiger partial charge in [-0.3, -0.25) is 13.8 Å². The number of nitrogens with zero attached hydrogens (tertiary/aromatic N) is 1. The van der Waals surface area contributed by atoms with Crippen LogP contribution in [0.15, 0.2) is 30.3 Å². The molecule has 8 nitrogen and oxygen atoms in total.